The topological polar surface area (TPSA) is 6.48 Å². The molecule has 0 aromatic heterocycles. The van der Waals surface area contributed by atoms with Gasteiger partial charge in [-0.1, -0.05) is 105 Å². The number of hydrogen-bond acceptors (Lipinski definition) is 2. The van der Waals surface area contributed by atoms with E-state index in [1.807, 2.05) is 109 Å². The molecule has 7 aromatic carbocycles. The van der Waals surface area contributed by atoms with E-state index in [0.717, 1.165) is 55.1 Å². The Morgan fingerprint density at radius 3 is 1.57 bits per heavy atom. The molecule has 1 aliphatic rings. The zero-order valence-corrected chi connectivity index (χ0v) is 25.9. The van der Waals surface area contributed by atoms with Gasteiger partial charge in [-0.05, 0) is 82.6 Å². The molecule has 0 bridgehead atoms. The molecule has 46 heavy (non-hydrogen) atoms. The van der Waals surface area contributed by atoms with Gasteiger partial charge in [-0.2, -0.15) is 0 Å². The summed E-state index contributed by atoms with van der Waals surface area (Å²) in [5.41, 5.74) is 4.61. The van der Waals surface area contributed by atoms with Crippen molar-refractivity contribution in [3.05, 3.63) is 163 Å². The molecular weight excluding hydrogens is 570 g/mol. The van der Waals surface area contributed by atoms with Crippen molar-refractivity contribution in [1.82, 2.24) is 0 Å². The van der Waals surface area contributed by atoms with Crippen LogP contribution in [-0.2, 0) is 0 Å². The van der Waals surface area contributed by atoms with Crippen LogP contribution >= 0.6 is 0 Å². The van der Waals surface area contributed by atoms with Crippen molar-refractivity contribution >= 4 is 60.8 Å². The molecule has 0 saturated heterocycles. The van der Waals surface area contributed by atoms with Crippen molar-refractivity contribution in [2.24, 2.45) is 0 Å². The van der Waals surface area contributed by atoms with Gasteiger partial charge in [-0.25, -0.2) is 8.78 Å². The Hall–Kier alpha value is -5.48. The van der Waals surface area contributed by atoms with Crippen LogP contribution in [0.4, 0.5) is 37.2 Å². The molecule has 8 rings (SSSR count). The number of nitrogens with zero attached hydrogens (tertiary/aromatic N) is 2. The minimum atomic E-state index is -0.293. The predicted molar refractivity (Wildman–Crippen MR) is 191 cm³/mol. The molecule has 0 amide bonds. The van der Waals surface area contributed by atoms with Gasteiger partial charge in [0.15, 0.2) is 0 Å². The van der Waals surface area contributed by atoms with E-state index in [2.05, 4.69) is 48.5 Å². The molecule has 0 heterocycles. The summed E-state index contributed by atoms with van der Waals surface area (Å²) < 4.78 is 30.9. The van der Waals surface area contributed by atoms with Crippen molar-refractivity contribution in [3.8, 4) is 0 Å². The molecule has 1 aliphatic carbocycles. The second kappa shape index (κ2) is 12.5. The Morgan fingerprint density at radius 2 is 1.00 bits per heavy atom. The van der Waals surface area contributed by atoms with Crippen molar-refractivity contribution < 1.29 is 8.78 Å². The number of anilines is 5. The molecule has 7 aromatic rings. The lowest BCUT2D eigenvalue weighted by atomic mass is 9.91. The second-order valence-corrected chi connectivity index (χ2v) is 11.1. The molecule has 0 N–H and O–H groups in total. The fraction of sp³-hybridized carbons (Fsp3) is 0.0952. The fourth-order valence-electron chi connectivity index (χ4n) is 6.58. The third-order valence-electron chi connectivity index (χ3n) is 8.55. The first-order valence-electron chi connectivity index (χ1n) is 15.9. The van der Waals surface area contributed by atoms with E-state index in [1.54, 1.807) is 6.07 Å². The summed E-state index contributed by atoms with van der Waals surface area (Å²) in [5, 5.41) is 6.42. The Labute approximate surface area is 268 Å². The Balaban J connectivity index is 0.00000166. The van der Waals surface area contributed by atoms with E-state index in [9.17, 15) is 0 Å². The zero-order valence-electron chi connectivity index (χ0n) is 25.9. The lowest BCUT2D eigenvalue weighted by Crippen LogP contribution is -2.18. The highest BCUT2D eigenvalue weighted by Gasteiger charge is 2.24. The van der Waals surface area contributed by atoms with Crippen LogP contribution in [0.3, 0.4) is 0 Å². The van der Waals surface area contributed by atoms with Gasteiger partial charge in [0, 0.05) is 28.6 Å². The van der Waals surface area contributed by atoms with Gasteiger partial charge in [0.1, 0.15) is 11.6 Å². The molecule has 4 heteroatoms. The van der Waals surface area contributed by atoms with E-state index < -0.39 is 0 Å². The number of allylic oxidation sites excluding steroid dienone is 3. The summed E-state index contributed by atoms with van der Waals surface area (Å²) in [7, 11) is 0. The summed E-state index contributed by atoms with van der Waals surface area (Å²) in [6.07, 6.45) is 5.01. The van der Waals surface area contributed by atoms with Crippen LogP contribution in [0.15, 0.2) is 157 Å². The zero-order chi connectivity index (χ0) is 31.6. The van der Waals surface area contributed by atoms with Gasteiger partial charge in [-0.3, -0.25) is 0 Å². The molecule has 226 valence electrons. The van der Waals surface area contributed by atoms with Gasteiger partial charge < -0.3 is 9.80 Å². The first-order chi connectivity index (χ1) is 22.7. The summed E-state index contributed by atoms with van der Waals surface area (Å²) >= 11 is 0. The van der Waals surface area contributed by atoms with Crippen molar-refractivity contribution in [1.29, 1.82) is 0 Å². The van der Waals surface area contributed by atoms with E-state index in [-0.39, 0.29) is 11.6 Å². The minimum Gasteiger partial charge on any atom is -0.307 e. The first-order valence-corrected chi connectivity index (χ1v) is 15.9. The number of halogens is 2. The molecule has 0 spiro atoms. The Morgan fingerprint density at radius 1 is 0.500 bits per heavy atom. The summed E-state index contributed by atoms with van der Waals surface area (Å²) in [6.45, 7) is 4.00. The Kier molecular flexibility index (Phi) is 7.94. The molecule has 0 radical (unpaired) electrons. The average molecular weight is 605 g/mol. The lowest BCUT2D eigenvalue weighted by molar-refractivity contribution is 0.575. The largest absolute Gasteiger partial charge is 0.307 e. The number of hydrogen-bond donors (Lipinski definition) is 0. The van der Waals surface area contributed by atoms with Crippen LogP contribution in [0, 0.1) is 5.82 Å². The van der Waals surface area contributed by atoms with Crippen LogP contribution in [-0.4, -0.2) is 0 Å². The van der Waals surface area contributed by atoms with Gasteiger partial charge in [0.2, 0.25) is 0 Å². The number of para-hydroxylation sites is 3. The smallest absolute Gasteiger partial charge is 0.147 e. The van der Waals surface area contributed by atoms with E-state index in [0.29, 0.717) is 24.2 Å². The highest BCUT2D eigenvalue weighted by atomic mass is 19.1. The Bertz CT molecular complexity index is 2200. The van der Waals surface area contributed by atoms with Crippen molar-refractivity contribution in [2.75, 3.05) is 9.80 Å². The quantitative estimate of drug-likeness (QED) is 0.174. The highest BCUT2D eigenvalue weighted by Crippen LogP contribution is 2.47. The van der Waals surface area contributed by atoms with Gasteiger partial charge >= 0.3 is 0 Å². The summed E-state index contributed by atoms with van der Waals surface area (Å²) in [5.74, 6) is -0.411. The average Bonchev–Trinajstić information content (AvgIpc) is 3.12. The number of rotatable bonds is 6. The maximum atomic E-state index is 15.5. The van der Waals surface area contributed by atoms with Crippen LogP contribution < -0.4 is 9.80 Å². The maximum absolute atomic E-state index is 15.5. The fourth-order valence-corrected chi connectivity index (χ4v) is 6.58. The highest BCUT2D eigenvalue weighted by molar-refractivity contribution is 6.28. The predicted octanol–water partition coefficient (Wildman–Crippen LogP) is 12.9. The third-order valence-corrected chi connectivity index (χ3v) is 8.55. The van der Waals surface area contributed by atoms with Crippen molar-refractivity contribution in [2.45, 2.75) is 26.7 Å². The molecule has 0 fully saturated rings. The van der Waals surface area contributed by atoms with Gasteiger partial charge in [0.25, 0.3) is 0 Å². The summed E-state index contributed by atoms with van der Waals surface area (Å²) in [4.78, 5) is 4.03. The maximum Gasteiger partial charge on any atom is 0.147 e. The van der Waals surface area contributed by atoms with Gasteiger partial charge in [-0.15, -0.1) is 0 Å². The van der Waals surface area contributed by atoms with Crippen LogP contribution in [0.1, 0.15) is 26.7 Å². The van der Waals surface area contributed by atoms with E-state index >= 15 is 8.78 Å². The second-order valence-electron chi connectivity index (χ2n) is 11.1. The molecule has 0 atom stereocenters. The molecule has 0 aliphatic heterocycles. The monoisotopic (exact) mass is 604 g/mol. The molecule has 0 saturated carbocycles. The minimum absolute atomic E-state index is 0.118. The third kappa shape index (κ3) is 4.96. The molecular formula is C42H34F2N2. The van der Waals surface area contributed by atoms with E-state index in [1.165, 1.54) is 6.07 Å². The first kappa shape index (κ1) is 29.2. The number of benzene rings is 7. The van der Waals surface area contributed by atoms with Gasteiger partial charge in [0.05, 0.1) is 22.8 Å². The molecule has 0 unspecified atom stereocenters. The normalized spacial score (nSPS) is 12.9. The lowest BCUT2D eigenvalue weighted by Gasteiger charge is -2.30. The van der Waals surface area contributed by atoms with Crippen molar-refractivity contribution in [3.63, 3.8) is 0 Å². The molecule has 2 nitrogen and oxygen atoms in total. The van der Waals surface area contributed by atoms with Crippen LogP contribution in [0.2, 0.25) is 0 Å². The standard InChI is InChI=1S/C40H28F2N2.C2H6/c41-33-15-7-9-17-37(33)43(29-11-3-1-4-12-29)35-25-21-27-20-24-32-36(26-22-28-19-23-31(35)39(27)40(28)32)44(30-13-5-2-6-14-30)38-18-10-8-16-34(38)42;1-2/h1-7,9-15,17-26H,8,16H2;1-2H3. The summed E-state index contributed by atoms with van der Waals surface area (Å²) in [6, 6.07) is 43.7. The van der Waals surface area contributed by atoms with Crippen LogP contribution in [0.25, 0.3) is 32.3 Å². The van der Waals surface area contributed by atoms with Crippen LogP contribution in [0.5, 0.6) is 0 Å². The van der Waals surface area contributed by atoms with E-state index in [4.69, 9.17) is 0 Å². The SMILES string of the molecule is CC.FC1=C(N(c2ccccc2)c2ccc3ccc4c(N(c5ccccc5)c5ccccc5F)ccc5ccc2c3c54)C=CCC1.